The van der Waals surface area contributed by atoms with Crippen molar-refractivity contribution in [3.63, 3.8) is 0 Å². The van der Waals surface area contributed by atoms with Gasteiger partial charge in [0.05, 0.1) is 11.1 Å². The summed E-state index contributed by atoms with van der Waals surface area (Å²) in [5, 5.41) is 21.3. The van der Waals surface area contributed by atoms with Gasteiger partial charge in [-0.15, -0.1) is 0 Å². The topological polar surface area (TPSA) is 133 Å². The van der Waals surface area contributed by atoms with Gasteiger partial charge in [-0.1, -0.05) is 12.1 Å². The Kier molecular flexibility index (Phi) is 5.60. The molecule has 0 spiro atoms. The van der Waals surface area contributed by atoms with Gasteiger partial charge >= 0.3 is 0 Å². The van der Waals surface area contributed by atoms with Crippen LogP contribution in [0.1, 0.15) is 10.4 Å². The highest BCUT2D eigenvalue weighted by molar-refractivity contribution is 5.95. The van der Waals surface area contributed by atoms with E-state index in [1.165, 1.54) is 12.1 Å². The number of nitrogens with zero attached hydrogens (tertiary/aromatic N) is 6. The van der Waals surface area contributed by atoms with E-state index < -0.39 is 4.92 Å². The second-order valence-electron chi connectivity index (χ2n) is 8.13. The van der Waals surface area contributed by atoms with Crippen LogP contribution in [-0.2, 0) is 0 Å². The maximum Gasteiger partial charge on any atom is 0.270 e. The highest BCUT2D eigenvalue weighted by Crippen LogP contribution is 2.27. The normalized spacial score (nSPS) is 14.3. The van der Waals surface area contributed by atoms with E-state index in [0.29, 0.717) is 46.9 Å². The number of H-pyrrole nitrogens is 1. The number of likely N-dealkylation sites (N-methyl/N-ethyl adjacent to an activating group) is 1. The van der Waals surface area contributed by atoms with Crippen LogP contribution in [0, 0.1) is 10.1 Å². The number of piperazine rings is 1. The molecule has 0 saturated carbocycles. The van der Waals surface area contributed by atoms with Crippen LogP contribution in [0.5, 0.6) is 0 Å². The molecular formula is C23H22N8O3. The zero-order valence-electron chi connectivity index (χ0n) is 18.4. The summed E-state index contributed by atoms with van der Waals surface area (Å²) < 4.78 is 0. The average Bonchev–Trinajstić information content (AvgIpc) is 3.34. The van der Waals surface area contributed by atoms with E-state index in [0.717, 1.165) is 18.8 Å². The van der Waals surface area contributed by atoms with Gasteiger partial charge in [-0.05, 0) is 31.3 Å². The van der Waals surface area contributed by atoms with Crippen LogP contribution in [0.25, 0.3) is 22.4 Å². The molecule has 1 aliphatic heterocycles. The van der Waals surface area contributed by atoms with Crippen LogP contribution >= 0.6 is 0 Å². The van der Waals surface area contributed by atoms with E-state index in [1.54, 1.807) is 30.5 Å². The zero-order chi connectivity index (χ0) is 23.7. The number of fused-ring (bicyclic) bond motifs is 1. The van der Waals surface area contributed by atoms with Crippen molar-refractivity contribution in [1.29, 1.82) is 0 Å². The predicted molar refractivity (Wildman–Crippen MR) is 127 cm³/mol. The number of aromatic nitrogens is 4. The lowest BCUT2D eigenvalue weighted by atomic mass is 10.1. The van der Waals surface area contributed by atoms with Crippen molar-refractivity contribution in [3.8, 4) is 11.4 Å². The number of hydrogen-bond donors (Lipinski definition) is 2. The molecule has 1 saturated heterocycles. The summed E-state index contributed by atoms with van der Waals surface area (Å²) in [5.74, 6) is 0.828. The Balaban J connectivity index is 1.40. The number of aromatic amines is 1. The van der Waals surface area contributed by atoms with E-state index in [1.807, 2.05) is 17.0 Å². The monoisotopic (exact) mass is 458 g/mol. The van der Waals surface area contributed by atoms with E-state index in [-0.39, 0.29) is 11.6 Å². The number of nitro benzene ring substituents is 1. The summed E-state index contributed by atoms with van der Waals surface area (Å²) in [6, 6.07) is 13.4. The van der Waals surface area contributed by atoms with Crippen LogP contribution in [0.15, 0.2) is 54.7 Å². The Morgan fingerprint density at radius 2 is 1.85 bits per heavy atom. The van der Waals surface area contributed by atoms with Crippen molar-refractivity contribution >= 4 is 34.1 Å². The van der Waals surface area contributed by atoms with Gasteiger partial charge in [-0.25, -0.2) is 9.97 Å². The smallest absolute Gasteiger partial charge is 0.270 e. The first-order valence-corrected chi connectivity index (χ1v) is 10.8. The van der Waals surface area contributed by atoms with Crippen molar-refractivity contribution in [1.82, 2.24) is 30.0 Å². The van der Waals surface area contributed by atoms with E-state index in [9.17, 15) is 14.9 Å². The summed E-state index contributed by atoms with van der Waals surface area (Å²) >= 11 is 0. The summed E-state index contributed by atoms with van der Waals surface area (Å²) in [5.41, 5.74) is 3.01. The Morgan fingerprint density at radius 3 is 2.59 bits per heavy atom. The van der Waals surface area contributed by atoms with Crippen molar-refractivity contribution < 1.29 is 9.72 Å². The molecule has 3 heterocycles. The molecule has 0 bridgehead atoms. The van der Waals surface area contributed by atoms with Crippen LogP contribution in [0.4, 0.5) is 17.2 Å². The Bertz CT molecular complexity index is 1360. The minimum absolute atomic E-state index is 0.0191. The quantitative estimate of drug-likeness (QED) is 0.344. The second-order valence-corrected chi connectivity index (χ2v) is 8.13. The largest absolute Gasteiger partial charge is 0.338 e. The third kappa shape index (κ3) is 4.28. The molecule has 11 heteroatoms. The van der Waals surface area contributed by atoms with E-state index in [2.05, 4.69) is 37.4 Å². The molecule has 5 rings (SSSR count). The minimum Gasteiger partial charge on any atom is -0.338 e. The summed E-state index contributed by atoms with van der Waals surface area (Å²) in [4.78, 5) is 36.6. The molecule has 1 fully saturated rings. The minimum atomic E-state index is -0.454. The zero-order valence-corrected chi connectivity index (χ0v) is 18.4. The first-order chi connectivity index (χ1) is 16.5. The fourth-order valence-electron chi connectivity index (χ4n) is 3.84. The van der Waals surface area contributed by atoms with Crippen LogP contribution < -0.4 is 5.32 Å². The van der Waals surface area contributed by atoms with Gasteiger partial charge in [0.1, 0.15) is 11.0 Å². The number of hydrogen-bond acceptors (Lipinski definition) is 8. The molecule has 2 aromatic heterocycles. The predicted octanol–water partition coefficient (Wildman–Crippen LogP) is 3.06. The first-order valence-electron chi connectivity index (χ1n) is 10.8. The number of nitro groups is 1. The third-order valence-corrected chi connectivity index (χ3v) is 5.80. The van der Waals surface area contributed by atoms with Crippen LogP contribution in [-0.4, -0.2) is 74.0 Å². The molecule has 4 aromatic rings. The van der Waals surface area contributed by atoms with Crippen LogP contribution in [0.3, 0.4) is 0 Å². The summed E-state index contributed by atoms with van der Waals surface area (Å²) in [7, 11) is 2.05. The number of benzene rings is 2. The average molecular weight is 458 g/mol. The van der Waals surface area contributed by atoms with Crippen LogP contribution in [0.2, 0.25) is 0 Å². The van der Waals surface area contributed by atoms with Crippen molar-refractivity contribution in [2.24, 2.45) is 0 Å². The number of nitrogens with one attached hydrogen (secondary N) is 2. The van der Waals surface area contributed by atoms with Gasteiger partial charge in [0.15, 0.2) is 11.6 Å². The number of carbonyl (C=O) groups excluding carboxylic acids is 1. The first kappa shape index (κ1) is 21.5. The maximum absolute atomic E-state index is 12.8. The van der Waals surface area contributed by atoms with Gasteiger partial charge in [0.2, 0.25) is 0 Å². The SMILES string of the molecule is CN1CCN(C(=O)c2ccc(Nc3nc(-c4cccc([N+](=O)[O-])c4)nc4cn[nH]c34)cc2)CC1. The molecule has 2 N–H and O–H groups in total. The van der Waals surface area contributed by atoms with Gasteiger partial charge in [0.25, 0.3) is 11.6 Å². The molecule has 1 aliphatic rings. The molecule has 1 amide bonds. The molecule has 2 aromatic carbocycles. The third-order valence-electron chi connectivity index (χ3n) is 5.80. The number of rotatable bonds is 5. The molecule has 34 heavy (non-hydrogen) atoms. The van der Waals surface area contributed by atoms with E-state index >= 15 is 0 Å². The highest BCUT2D eigenvalue weighted by Gasteiger charge is 2.20. The molecule has 172 valence electrons. The lowest BCUT2D eigenvalue weighted by molar-refractivity contribution is -0.384. The van der Waals surface area contributed by atoms with Gasteiger partial charge in [-0.3, -0.25) is 20.0 Å². The maximum atomic E-state index is 12.8. The Hall–Kier alpha value is -4.38. The highest BCUT2D eigenvalue weighted by atomic mass is 16.6. The second kappa shape index (κ2) is 8.87. The summed E-state index contributed by atoms with van der Waals surface area (Å²) in [6.45, 7) is 3.17. The summed E-state index contributed by atoms with van der Waals surface area (Å²) in [6.07, 6.45) is 1.57. The van der Waals surface area contributed by atoms with Crippen molar-refractivity contribution in [2.75, 3.05) is 38.5 Å². The molecule has 0 aliphatic carbocycles. The molecule has 11 nitrogen and oxygen atoms in total. The lowest BCUT2D eigenvalue weighted by Crippen LogP contribution is -2.47. The lowest BCUT2D eigenvalue weighted by Gasteiger charge is -2.32. The Morgan fingerprint density at radius 1 is 1.09 bits per heavy atom. The van der Waals surface area contributed by atoms with Gasteiger partial charge in [-0.2, -0.15) is 5.10 Å². The number of non-ortho nitro benzene ring substituents is 1. The van der Waals surface area contributed by atoms with E-state index in [4.69, 9.17) is 0 Å². The standard InChI is InChI=1S/C23H22N8O3/c1-29-9-11-30(12-10-29)23(32)15-5-7-17(8-6-15)25-22-20-19(14-24-28-20)26-21(27-22)16-3-2-4-18(13-16)31(33)34/h2-8,13-14H,9-12H2,1H3,(H,24,28)(H,25,26,27). The molecule has 0 radical (unpaired) electrons. The fraction of sp³-hybridized carbons (Fsp3) is 0.217. The molecular weight excluding hydrogens is 436 g/mol. The van der Waals surface area contributed by atoms with Gasteiger partial charge in [0, 0.05) is 55.1 Å². The van der Waals surface area contributed by atoms with Gasteiger partial charge < -0.3 is 15.1 Å². The number of anilines is 2. The number of carbonyl (C=O) groups is 1. The number of amides is 1. The molecule has 0 unspecified atom stereocenters. The Labute approximate surface area is 194 Å². The van der Waals surface area contributed by atoms with Crippen molar-refractivity contribution in [3.05, 3.63) is 70.4 Å². The molecule has 0 atom stereocenters. The fourth-order valence-corrected chi connectivity index (χ4v) is 3.84. The van der Waals surface area contributed by atoms with Crippen molar-refractivity contribution in [2.45, 2.75) is 0 Å².